The van der Waals surface area contributed by atoms with Crippen LogP contribution in [0.4, 0.5) is 0 Å². The highest BCUT2D eigenvalue weighted by Crippen LogP contribution is 2.16. The average molecular weight is 1250 g/mol. The van der Waals surface area contributed by atoms with Crippen molar-refractivity contribution in [2.45, 2.75) is 118 Å². The fourth-order valence-corrected chi connectivity index (χ4v) is 11.6. The molecule has 0 bridgehead atoms. The van der Waals surface area contributed by atoms with Crippen molar-refractivity contribution in [2.24, 2.45) is 0 Å². The Kier molecular flexibility index (Phi) is 36.7. The van der Waals surface area contributed by atoms with Gasteiger partial charge in [0.05, 0.1) is 36.9 Å². The number of piperazine rings is 5. The lowest BCUT2D eigenvalue weighted by Gasteiger charge is -2.47. The first-order chi connectivity index (χ1) is 43.2. The molecule has 22 heteroatoms. The van der Waals surface area contributed by atoms with E-state index in [2.05, 4.69) is 117 Å². The topological polar surface area (TPSA) is 167 Å². The fraction of sp³-hybridized carbons (Fsp3) is 0.821. The van der Waals surface area contributed by atoms with Crippen LogP contribution >= 0.6 is 0 Å². The van der Waals surface area contributed by atoms with Gasteiger partial charge in [-0.15, -0.1) is 0 Å². The second-order valence-corrected chi connectivity index (χ2v) is 26.0. The Balaban J connectivity index is 0.000000178. The number of ether oxygens (including phenoxy) is 3. The molecular weight excluding hydrogens is 1130 g/mol. The Morgan fingerprint density at radius 3 is 1.16 bits per heavy atom. The molecule has 508 valence electrons. The number of rotatable bonds is 30. The Labute approximate surface area is 537 Å². The van der Waals surface area contributed by atoms with Gasteiger partial charge in [-0.1, -0.05) is 40.4 Å². The van der Waals surface area contributed by atoms with E-state index < -0.39 is 0 Å². The summed E-state index contributed by atoms with van der Waals surface area (Å²) >= 11 is 0. The van der Waals surface area contributed by atoms with Gasteiger partial charge in [-0.2, -0.15) is 0 Å². The van der Waals surface area contributed by atoms with Crippen LogP contribution in [0.15, 0.2) is 42.4 Å². The number of hydrogen-bond acceptors (Lipinski definition) is 22. The summed E-state index contributed by atoms with van der Waals surface area (Å²) in [5.74, 6) is 3.51. The van der Waals surface area contributed by atoms with Gasteiger partial charge in [0.2, 0.25) is 0 Å². The molecule has 0 amide bonds. The summed E-state index contributed by atoms with van der Waals surface area (Å²) in [4.78, 5) is 27.3. The molecule has 6 aliphatic heterocycles. The Bertz CT molecular complexity index is 2040. The smallest absolute Gasteiger partial charge is 0.134 e. The van der Waals surface area contributed by atoms with Crippen LogP contribution in [0.5, 0.6) is 0 Å². The Hall–Kier alpha value is -3.72. The van der Waals surface area contributed by atoms with Crippen LogP contribution in [0, 0.1) is 27.7 Å². The standard InChI is InChI=1S/C15H27N3O.3C14H25N3O2.C10H21N3/c1-14-13-15(16-19-14)7-5-3-4-6-8-18-11-9-17(2)10-12-18;1-13-12-14(15-19-13)4-11-18-10-3-5-17-8-6-16(2)7-9-17;1-13-12-14(15-19-13)4-3-10-18-11-9-17-7-5-16(2)6-8-17;1-13-11-14(15-19-13)12-18-10-4-3-5-17-8-6-16(2)7-9-17;1-3-12-8-10(9-12)13-6-4-11(2)5-7-13/h13H,3-12H2,1-2H3;2*12H,3-11H2,1-2H3;11H,3-10,12H2,1-2H3;10H,3-9H2,1-2H3. The molecule has 6 saturated heterocycles. The molecule has 0 unspecified atom stereocenters. The first-order valence-corrected chi connectivity index (χ1v) is 34.5. The van der Waals surface area contributed by atoms with E-state index in [0.29, 0.717) is 6.61 Å². The minimum Gasteiger partial charge on any atom is -0.381 e. The molecule has 6 fully saturated rings. The summed E-state index contributed by atoms with van der Waals surface area (Å²) in [6, 6.07) is 8.79. The fourth-order valence-electron chi connectivity index (χ4n) is 11.6. The number of likely N-dealkylation sites (N-methyl/N-ethyl adjacent to an activating group) is 6. The van der Waals surface area contributed by atoms with Gasteiger partial charge in [0, 0.05) is 214 Å². The molecule has 4 aromatic rings. The van der Waals surface area contributed by atoms with E-state index in [0.717, 1.165) is 150 Å². The van der Waals surface area contributed by atoms with Crippen molar-refractivity contribution in [3.05, 3.63) is 70.1 Å². The molecule has 0 saturated carbocycles. The molecule has 89 heavy (non-hydrogen) atoms. The molecule has 10 rings (SSSR count). The number of unbranched alkanes of at least 4 members (excludes halogenated alkanes) is 4. The Morgan fingerprint density at radius 2 is 0.708 bits per heavy atom. The van der Waals surface area contributed by atoms with E-state index in [1.54, 1.807) is 0 Å². The number of hydrogen-bond donors (Lipinski definition) is 0. The highest BCUT2D eigenvalue weighted by atomic mass is 16.5. The summed E-state index contributed by atoms with van der Waals surface area (Å²) in [5, 5.41) is 15.8. The predicted octanol–water partition coefficient (Wildman–Crippen LogP) is 6.16. The van der Waals surface area contributed by atoms with Gasteiger partial charge in [-0.25, -0.2) is 0 Å². The van der Waals surface area contributed by atoms with Crippen LogP contribution < -0.4 is 0 Å². The van der Waals surface area contributed by atoms with Crippen molar-refractivity contribution in [1.82, 2.24) is 74.5 Å². The number of likely N-dealkylation sites (tertiary alicyclic amines) is 1. The minimum absolute atomic E-state index is 0.561. The van der Waals surface area contributed by atoms with Gasteiger partial charge in [-0.05, 0) is 134 Å². The zero-order valence-electron chi connectivity index (χ0n) is 57.6. The minimum atomic E-state index is 0.561. The third-order valence-corrected chi connectivity index (χ3v) is 18.0. The molecule has 4 aromatic heterocycles. The summed E-state index contributed by atoms with van der Waals surface area (Å²) < 4.78 is 37.0. The molecule has 0 spiro atoms. The third-order valence-electron chi connectivity index (χ3n) is 18.0. The molecule has 6 aliphatic rings. The van der Waals surface area contributed by atoms with Crippen molar-refractivity contribution in [1.29, 1.82) is 0 Å². The summed E-state index contributed by atoms with van der Waals surface area (Å²) in [6.45, 7) is 47.2. The van der Waals surface area contributed by atoms with Crippen molar-refractivity contribution in [2.75, 3.05) is 245 Å². The van der Waals surface area contributed by atoms with E-state index in [1.807, 2.05) is 52.0 Å². The lowest BCUT2D eigenvalue weighted by molar-refractivity contribution is 0.0125. The monoisotopic (exact) mass is 1250 g/mol. The number of aryl methyl sites for hydroxylation is 6. The molecule has 10 heterocycles. The van der Waals surface area contributed by atoms with Crippen LogP contribution in [0.3, 0.4) is 0 Å². The second kappa shape index (κ2) is 44.0. The van der Waals surface area contributed by atoms with E-state index in [1.165, 1.54) is 183 Å². The predicted molar refractivity (Wildman–Crippen MR) is 355 cm³/mol. The SMILES string of the molecule is CCN1CC(N2CCN(C)CC2)C1.Cc1cc(CCCCCCN2CCN(C)CC2)no1.Cc1cc(CCCOCCN2CCN(C)CC2)no1.Cc1cc(CCOCCCN2CCN(C)CC2)no1.Cc1cc(COCCCCN2CCN(C)CC2)no1. The van der Waals surface area contributed by atoms with Gasteiger partial charge in [0.1, 0.15) is 28.7 Å². The van der Waals surface area contributed by atoms with Crippen molar-refractivity contribution in [3.63, 3.8) is 0 Å². The van der Waals surface area contributed by atoms with Crippen molar-refractivity contribution >= 4 is 0 Å². The summed E-state index contributed by atoms with van der Waals surface area (Å²) in [7, 11) is 11.0. The van der Waals surface area contributed by atoms with Crippen LogP contribution in [0.25, 0.3) is 0 Å². The molecule has 0 radical (unpaired) electrons. The summed E-state index contributed by atoms with van der Waals surface area (Å²) in [5.41, 5.74) is 4.00. The maximum atomic E-state index is 5.68. The van der Waals surface area contributed by atoms with E-state index in [-0.39, 0.29) is 0 Å². The number of nitrogens with zero attached hydrogens (tertiary/aromatic N) is 15. The molecule has 22 nitrogen and oxygen atoms in total. The highest BCUT2D eigenvalue weighted by Gasteiger charge is 2.32. The van der Waals surface area contributed by atoms with Crippen LogP contribution in [0.1, 0.15) is 104 Å². The van der Waals surface area contributed by atoms with Crippen LogP contribution in [-0.2, 0) is 40.1 Å². The van der Waals surface area contributed by atoms with Gasteiger partial charge in [0.25, 0.3) is 0 Å². The lowest BCUT2D eigenvalue weighted by atomic mass is 10.1. The van der Waals surface area contributed by atoms with E-state index in [9.17, 15) is 0 Å². The molecule has 0 atom stereocenters. The lowest BCUT2D eigenvalue weighted by Crippen LogP contribution is -2.62. The molecular formula is C67H123N15O7. The van der Waals surface area contributed by atoms with Crippen LogP contribution in [0.2, 0.25) is 0 Å². The quantitative estimate of drug-likeness (QED) is 0.0545. The summed E-state index contributed by atoms with van der Waals surface area (Å²) in [6.07, 6.45) is 12.5. The van der Waals surface area contributed by atoms with Crippen molar-refractivity contribution < 1.29 is 32.3 Å². The van der Waals surface area contributed by atoms with Crippen molar-refractivity contribution in [3.8, 4) is 0 Å². The maximum Gasteiger partial charge on any atom is 0.134 e. The van der Waals surface area contributed by atoms with Crippen LogP contribution in [-0.4, -0.2) is 326 Å². The normalized spacial score (nSPS) is 19.6. The third kappa shape index (κ3) is 32.6. The first kappa shape index (κ1) is 74.3. The van der Waals surface area contributed by atoms with Gasteiger partial charge in [0.15, 0.2) is 0 Å². The Morgan fingerprint density at radius 1 is 0.348 bits per heavy atom. The zero-order valence-corrected chi connectivity index (χ0v) is 57.6. The van der Waals surface area contributed by atoms with Gasteiger partial charge < -0.3 is 76.4 Å². The number of aromatic nitrogens is 4. The largest absolute Gasteiger partial charge is 0.381 e. The first-order valence-electron chi connectivity index (χ1n) is 34.5. The van der Waals surface area contributed by atoms with E-state index in [4.69, 9.17) is 32.3 Å². The molecule has 0 N–H and O–H groups in total. The van der Waals surface area contributed by atoms with Gasteiger partial charge in [-0.3, -0.25) is 9.80 Å². The van der Waals surface area contributed by atoms with Gasteiger partial charge >= 0.3 is 0 Å². The highest BCUT2D eigenvalue weighted by molar-refractivity contribution is 5.05. The molecule has 0 aliphatic carbocycles. The van der Waals surface area contributed by atoms with E-state index >= 15 is 0 Å². The maximum absolute atomic E-state index is 5.68. The zero-order chi connectivity index (χ0) is 63.3. The second-order valence-electron chi connectivity index (χ2n) is 26.0. The molecule has 0 aromatic carbocycles. The average Bonchev–Trinajstić information content (AvgIpc) is 4.55.